The third-order valence-corrected chi connectivity index (χ3v) is 6.17. The molecule has 0 saturated heterocycles. The normalized spacial score (nSPS) is 18.6. The summed E-state index contributed by atoms with van der Waals surface area (Å²) in [6.07, 6.45) is 5.78. The molecule has 1 aromatic heterocycles. The molecule has 2 aliphatic rings. The summed E-state index contributed by atoms with van der Waals surface area (Å²) >= 11 is 0. The first kappa shape index (κ1) is 16.3. The van der Waals surface area contributed by atoms with Gasteiger partial charge in [0.2, 0.25) is 10.0 Å². The molecule has 2 aromatic rings. The van der Waals surface area contributed by atoms with Gasteiger partial charge in [-0.15, -0.1) is 0 Å². The Morgan fingerprint density at radius 3 is 2.36 bits per heavy atom. The van der Waals surface area contributed by atoms with E-state index >= 15 is 0 Å². The lowest BCUT2D eigenvalue weighted by atomic mass is 9.98. The zero-order valence-electron chi connectivity index (χ0n) is 14.0. The average Bonchev–Trinajstić information content (AvgIpc) is 3.25. The summed E-state index contributed by atoms with van der Waals surface area (Å²) in [6, 6.07) is 11.0. The molecular formula is C19H20N2O3S. The molecule has 2 aliphatic carbocycles. The third kappa shape index (κ3) is 2.96. The molecule has 1 spiro atoms. The van der Waals surface area contributed by atoms with Gasteiger partial charge in [0.15, 0.2) is 0 Å². The Kier molecular flexibility index (Phi) is 3.70. The lowest BCUT2D eigenvalue weighted by Crippen LogP contribution is -2.15. The van der Waals surface area contributed by atoms with Crippen molar-refractivity contribution in [3.63, 3.8) is 0 Å². The topological polar surface area (TPSA) is 82.3 Å². The van der Waals surface area contributed by atoms with Gasteiger partial charge < -0.3 is 4.74 Å². The fourth-order valence-corrected chi connectivity index (χ4v) is 4.41. The molecule has 0 radical (unpaired) electrons. The molecule has 0 bridgehead atoms. The van der Waals surface area contributed by atoms with Crippen LogP contribution >= 0.6 is 0 Å². The Hall–Kier alpha value is -2.18. The van der Waals surface area contributed by atoms with E-state index in [1.165, 1.54) is 24.5 Å². The smallest absolute Gasteiger partial charge is 0.240 e. The van der Waals surface area contributed by atoms with Crippen LogP contribution in [-0.4, -0.2) is 20.5 Å². The van der Waals surface area contributed by atoms with Crippen molar-refractivity contribution in [3.8, 4) is 5.75 Å². The van der Waals surface area contributed by atoms with E-state index in [9.17, 15) is 8.42 Å². The van der Waals surface area contributed by atoms with Crippen LogP contribution in [0.5, 0.6) is 5.75 Å². The van der Waals surface area contributed by atoms with Crippen molar-refractivity contribution in [2.45, 2.75) is 30.6 Å². The van der Waals surface area contributed by atoms with E-state index in [1.54, 1.807) is 19.4 Å². The van der Waals surface area contributed by atoms with Crippen LogP contribution in [0, 0.1) is 5.41 Å². The minimum Gasteiger partial charge on any atom is -0.497 e. The molecule has 0 unspecified atom stereocenters. The third-order valence-electron chi connectivity index (χ3n) is 5.23. The molecule has 0 aliphatic heterocycles. The van der Waals surface area contributed by atoms with Gasteiger partial charge in [-0.2, -0.15) is 0 Å². The zero-order chi connectivity index (χ0) is 17.7. The number of pyridine rings is 1. The van der Waals surface area contributed by atoms with Crippen molar-refractivity contribution >= 4 is 21.2 Å². The Labute approximate surface area is 147 Å². The molecule has 4 rings (SSSR count). The number of benzene rings is 1. The Bertz CT molecular complexity index is 958. The first-order chi connectivity index (χ1) is 11.9. The van der Waals surface area contributed by atoms with Gasteiger partial charge in [0, 0.05) is 6.20 Å². The van der Waals surface area contributed by atoms with Crippen LogP contribution in [-0.2, 0) is 10.0 Å². The van der Waals surface area contributed by atoms with E-state index in [1.807, 2.05) is 24.3 Å². The Morgan fingerprint density at radius 2 is 1.76 bits per heavy atom. The molecule has 5 nitrogen and oxygen atoms in total. The fraction of sp³-hybridized carbons (Fsp3) is 0.316. The lowest BCUT2D eigenvalue weighted by molar-refractivity contribution is 0.415. The first-order valence-corrected chi connectivity index (χ1v) is 9.81. The van der Waals surface area contributed by atoms with Gasteiger partial charge in [-0.3, -0.25) is 4.98 Å². The molecule has 1 aromatic carbocycles. The van der Waals surface area contributed by atoms with Gasteiger partial charge in [0.05, 0.1) is 12.8 Å². The maximum absolute atomic E-state index is 12.0. The summed E-state index contributed by atoms with van der Waals surface area (Å²) in [4.78, 5) is 4.49. The summed E-state index contributed by atoms with van der Waals surface area (Å²) in [6.45, 7) is 0. The second-order valence-electron chi connectivity index (χ2n) is 6.93. The molecule has 25 heavy (non-hydrogen) atoms. The number of ether oxygens (including phenoxy) is 1. The SMILES string of the molecule is COc1ccc(C2=C(c3ncccc3S(N)(=O)=O)CC3(CC3)C2)cc1. The van der Waals surface area contributed by atoms with Gasteiger partial charge in [-0.05, 0) is 72.1 Å². The van der Waals surface area contributed by atoms with Crippen molar-refractivity contribution in [2.75, 3.05) is 7.11 Å². The molecular weight excluding hydrogens is 336 g/mol. The molecule has 6 heteroatoms. The average molecular weight is 356 g/mol. The summed E-state index contributed by atoms with van der Waals surface area (Å²) < 4.78 is 29.3. The Balaban J connectivity index is 1.87. The Morgan fingerprint density at radius 1 is 1.08 bits per heavy atom. The van der Waals surface area contributed by atoms with Crippen LogP contribution < -0.4 is 9.88 Å². The van der Waals surface area contributed by atoms with E-state index in [4.69, 9.17) is 9.88 Å². The molecule has 2 N–H and O–H groups in total. The predicted molar refractivity (Wildman–Crippen MR) is 96.3 cm³/mol. The monoisotopic (exact) mass is 356 g/mol. The minimum absolute atomic E-state index is 0.105. The number of allylic oxidation sites excluding steroid dienone is 2. The molecule has 130 valence electrons. The number of nitrogens with zero attached hydrogens (tertiary/aromatic N) is 1. The van der Waals surface area contributed by atoms with E-state index < -0.39 is 10.0 Å². The zero-order valence-corrected chi connectivity index (χ0v) is 14.8. The maximum Gasteiger partial charge on any atom is 0.240 e. The van der Waals surface area contributed by atoms with Crippen LogP contribution in [0.1, 0.15) is 36.9 Å². The standard InChI is InChI=1S/C19H20N2O3S/c1-24-14-6-4-13(5-7-14)15-11-19(8-9-19)12-16(15)18-17(25(20,22)23)3-2-10-21-18/h2-7,10H,8-9,11-12H2,1H3,(H2,20,22,23). The summed E-state index contributed by atoms with van der Waals surface area (Å²) in [5.41, 5.74) is 4.04. The first-order valence-electron chi connectivity index (χ1n) is 8.27. The summed E-state index contributed by atoms with van der Waals surface area (Å²) in [5.74, 6) is 0.799. The molecule has 1 saturated carbocycles. The highest BCUT2D eigenvalue weighted by atomic mass is 32.2. The number of rotatable bonds is 4. The van der Waals surface area contributed by atoms with E-state index in [-0.39, 0.29) is 10.3 Å². The van der Waals surface area contributed by atoms with E-state index in [0.29, 0.717) is 5.69 Å². The van der Waals surface area contributed by atoms with Gasteiger partial charge in [0.1, 0.15) is 10.6 Å². The van der Waals surface area contributed by atoms with Crippen LogP contribution in [0.4, 0.5) is 0 Å². The van der Waals surface area contributed by atoms with E-state index in [2.05, 4.69) is 4.98 Å². The molecule has 0 amide bonds. The number of primary sulfonamides is 1. The second kappa shape index (κ2) is 5.68. The van der Waals surface area contributed by atoms with Gasteiger partial charge >= 0.3 is 0 Å². The van der Waals surface area contributed by atoms with Crippen molar-refractivity contribution in [2.24, 2.45) is 10.6 Å². The fourth-order valence-electron chi connectivity index (χ4n) is 3.70. The number of aromatic nitrogens is 1. The van der Waals surface area contributed by atoms with Crippen LogP contribution in [0.25, 0.3) is 11.1 Å². The highest BCUT2D eigenvalue weighted by Crippen LogP contribution is 2.63. The van der Waals surface area contributed by atoms with Crippen LogP contribution in [0.15, 0.2) is 47.5 Å². The largest absolute Gasteiger partial charge is 0.497 e. The summed E-state index contributed by atoms with van der Waals surface area (Å²) in [7, 11) is -2.18. The van der Waals surface area contributed by atoms with Crippen molar-refractivity contribution < 1.29 is 13.2 Å². The van der Waals surface area contributed by atoms with Crippen LogP contribution in [0.2, 0.25) is 0 Å². The number of sulfonamides is 1. The maximum atomic E-state index is 12.0. The van der Waals surface area contributed by atoms with Gasteiger partial charge in [-0.25, -0.2) is 13.6 Å². The molecule has 0 atom stereocenters. The highest BCUT2D eigenvalue weighted by molar-refractivity contribution is 7.89. The minimum atomic E-state index is -3.82. The number of nitrogens with two attached hydrogens (primary N) is 1. The molecule has 1 heterocycles. The highest BCUT2D eigenvalue weighted by Gasteiger charge is 2.49. The van der Waals surface area contributed by atoms with Crippen molar-refractivity contribution in [1.82, 2.24) is 4.98 Å². The predicted octanol–water partition coefficient (Wildman–Crippen LogP) is 3.22. The number of methoxy groups -OCH3 is 1. The number of hydrogen-bond acceptors (Lipinski definition) is 4. The van der Waals surface area contributed by atoms with E-state index in [0.717, 1.165) is 29.7 Å². The number of hydrogen-bond donors (Lipinski definition) is 1. The summed E-state index contributed by atoms with van der Waals surface area (Å²) in [5, 5.41) is 5.42. The van der Waals surface area contributed by atoms with Gasteiger partial charge in [-0.1, -0.05) is 12.1 Å². The van der Waals surface area contributed by atoms with Gasteiger partial charge in [0.25, 0.3) is 0 Å². The second-order valence-corrected chi connectivity index (χ2v) is 8.46. The van der Waals surface area contributed by atoms with Crippen LogP contribution in [0.3, 0.4) is 0 Å². The lowest BCUT2D eigenvalue weighted by Gasteiger charge is -2.11. The molecule has 1 fully saturated rings. The van der Waals surface area contributed by atoms with Crippen molar-refractivity contribution in [3.05, 3.63) is 53.9 Å². The van der Waals surface area contributed by atoms with Crippen molar-refractivity contribution in [1.29, 1.82) is 0 Å². The quantitative estimate of drug-likeness (QED) is 0.912.